The van der Waals surface area contributed by atoms with Gasteiger partial charge in [0.2, 0.25) is 5.88 Å². The van der Waals surface area contributed by atoms with Crippen molar-refractivity contribution >= 4 is 46.5 Å². The monoisotopic (exact) mass is 503 g/mol. The fraction of sp³-hybridized carbons (Fsp3) is 0.304. The van der Waals surface area contributed by atoms with Gasteiger partial charge in [-0.05, 0) is 31.2 Å². The zero-order chi connectivity index (χ0) is 23.2. The van der Waals surface area contributed by atoms with Gasteiger partial charge in [-0.1, -0.05) is 25.4 Å². The Morgan fingerprint density at radius 2 is 1.94 bits per heavy atom. The molecule has 0 fully saturated rings. The van der Waals surface area contributed by atoms with Crippen LogP contribution < -0.4 is 20.1 Å². The number of halogens is 2. The second-order valence-electron chi connectivity index (χ2n) is 7.77. The van der Waals surface area contributed by atoms with E-state index in [9.17, 15) is 0 Å². The van der Waals surface area contributed by atoms with E-state index in [0.717, 1.165) is 23.9 Å². The summed E-state index contributed by atoms with van der Waals surface area (Å²) in [5, 5.41) is 12.0. The fourth-order valence-electron chi connectivity index (χ4n) is 3.13. The molecular formula is C23H27Cl2N7O2. The summed E-state index contributed by atoms with van der Waals surface area (Å²) in [6.45, 7) is 5.70. The van der Waals surface area contributed by atoms with Gasteiger partial charge in [-0.3, -0.25) is 4.68 Å². The van der Waals surface area contributed by atoms with Crippen LogP contribution in [0.1, 0.15) is 20.3 Å². The van der Waals surface area contributed by atoms with Crippen LogP contribution in [0.25, 0.3) is 10.9 Å². The molecule has 3 aromatic heterocycles. The summed E-state index contributed by atoms with van der Waals surface area (Å²) < 4.78 is 13.4. The van der Waals surface area contributed by atoms with Crippen molar-refractivity contribution in [2.24, 2.45) is 7.05 Å². The van der Waals surface area contributed by atoms with Gasteiger partial charge < -0.3 is 20.1 Å². The first kappa shape index (κ1) is 25.5. The van der Waals surface area contributed by atoms with Crippen LogP contribution in [0, 0.1) is 0 Å². The van der Waals surface area contributed by atoms with Gasteiger partial charge in [0.1, 0.15) is 28.7 Å². The maximum Gasteiger partial charge on any atom is 0.238 e. The van der Waals surface area contributed by atoms with E-state index >= 15 is 0 Å². The second-order valence-corrected chi connectivity index (χ2v) is 8.18. The molecule has 0 atom stereocenters. The summed E-state index contributed by atoms with van der Waals surface area (Å²) in [5.41, 5.74) is 0.769. The highest BCUT2D eigenvalue weighted by atomic mass is 35.5. The third-order valence-corrected chi connectivity index (χ3v) is 4.98. The van der Waals surface area contributed by atoms with Crippen molar-refractivity contribution in [3.05, 3.63) is 54.1 Å². The molecule has 180 valence electrons. The SMILES string of the molecule is CC(C)NCCCOc1cnc(Oc2ccc3ncnc(Nc4ccn(C)n4)c3c2)c(Cl)c1.Cl. The number of benzene rings is 1. The first-order valence-electron chi connectivity index (χ1n) is 10.7. The average molecular weight is 504 g/mol. The first-order chi connectivity index (χ1) is 16.0. The minimum atomic E-state index is 0. The van der Waals surface area contributed by atoms with E-state index in [4.69, 9.17) is 21.1 Å². The highest BCUT2D eigenvalue weighted by Gasteiger charge is 2.11. The molecule has 0 radical (unpaired) electrons. The normalized spacial score (nSPS) is 10.9. The molecule has 0 bridgehead atoms. The lowest BCUT2D eigenvalue weighted by molar-refractivity contribution is 0.304. The van der Waals surface area contributed by atoms with Crippen LogP contribution in [0.15, 0.2) is 49.1 Å². The molecule has 11 heteroatoms. The molecule has 0 amide bonds. The van der Waals surface area contributed by atoms with E-state index in [0.29, 0.717) is 46.7 Å². The minimum Gasteiger partial charge on any atom is -0.492 e. The third kappa shape index (κ3) is 6.69. The summed E-state index contributed by atoms with van der Waals surface area (Å²) in [5.74, 6) is 2.76. The maximum absolute atomic E-state index is 6.39. The molecule has 0 aliphatic carbocycles. The largest absolute Gasteiger partial charge is 0.492 e. The van der Waals surface area contributed by atoms with Crippen LogP contribution in [-0.4, -0.2) is 43.9 Å². The number of ether oxygens (including phenoxy) is 2. The Labute approximate surface area is 209 Å². The van der Waals surface area contributed by atoms with Gasteiger partial charge >= 0.3 is 0 Å². The number of fused-ring (bicyclic) bond motifs is 1. The molecule has 0 aliphatic rings. The molecule has 9 nitrogen and oxygen atoms in total. The van der Waals surface area contributed by atoms with Gasteiger partial charge in [0.05, 0.1) is 18.3 Å². The van der Waals surface area contributed by atoms with Crippen LogP contribution in [0.2, 0.25) is 5.02 Å². The molecule has 34 heavy (non-hydrogen) atoms. The maximum atomic E-state index is 6.39. The van der Waals surface area contributed by atoms with Gasteiger partial charge in [0.25, 0.3) is 0 Å². The Hall–Kier alpha value is -3.14. The van der Waals surface area contributed by atoms with E-state index in [-0.39, 0.29) is 12.4 Å². The fourth-order valence-corrected chi connectivity index (χ4v) is 3.32. The molecule has 0 unspecified atom stereocenters. The Kier molecular flexibility index (Phi) is 8.86. The summed E-state index contributed by atoms with van der Waals surface area (Å²) in [4.78, 5) is 13.0. The van der Waals surface area contributed by atoms with Crippen LogP contribution >= 0.6 is 24.0 Å². The van der Waals surface area contributed by atoms with Crippen molar-refractivity contribution in [1.82, 2.24) is 30.0 Å². The number of nitrogens with one attached hydrogen (secondary N) is 2. The van der Waals surface area contributed by atoms with Gasteiger partial charge in [-0.15, -0.1) is 12.4 Å². The van der Waals surface area contributed by atoms with Crippen LogP contribution in [0.5, 0.6) is 17.4 Å². The Morgan fingerprint density at radius 1 is 1.09 bits per heavy atom. The Bertz CT molecular complexity index is 1230. The summed E-state index contributed by atoms with van der Waals surface area (Å²) in [7, 11) is 1.85. The molecule has 1 aromatic carbocycles. The number of nitrogens with zero attached hydrogens (tertiary/aromatic N) is 5. The van der Waals surface area contributed by atoms with Crippen LogP contribution in [0.3, 0.4) is 0 Å². The lowest BCUT2D eigenvalue weighted by Gasteiger charge is -2.11. The number of aromatic nitrogens is 5. The van der Waals surface area contributed by atoms with Crippen LogP contribution in [-0.2, 0) is 7.05 Å². The predicted octanol–water partition coefficient (Wildman–Crippen LogP) is 5.14. The van der Waals surface area contributed by atoms with Gasteiger partial charge in [-0.2, -0.15) is 5.10 Å². The van der Waals surface area contributed by atoms with E-state index in [1.165, 1.54) is 6.33 Å². The highest BCUT2D eigenvalue weighted by molar-refractivity contribution is 6.32. The highest BCUT2D eigenvalue weighted by Crippen LogP contribution is 2.32. The summed E-state index contributed by atoms with van der Waals surface area (Å²) >= 11 is 6.39. The Morgan fingerprint density at radius 3 is 2.68 bits per heavy atom. The molecule has 4 rings (SSSR count). The lowest BCUT2D eigenvalue weighted by Crippen LogP contribution is -2.24. The zero-order valence-corrected chi connectivity index (χ0v) is 20.7. The molecular weight excluding hydrogens is 477 g/mol. The summed E-state index contributed by atoms with van der Waals surface area (Å²) in [6.07, 6.45) is 5.85. The third-order valence-electron chi connectivity index (χ3n) is 4.71. The van der Waals surface area contributed by atoms with E-state index < -0.39 is 0 Å². The molecule has 4 aromatic rings. The van der Waals surface area contributed by atoms with Crippen molar-refractivity contribution in [2.75, 3.05) is 18.5 Å². The molecule has 0 saturated heterocycles. The van der Waals surface area contributed by atoms with E-state index in [2.05, 4.69) is 44.5 Å². The first-order valence-corrected chi connectivity index (χ1v) is 11.1. The van der Waals surface area contributed by atoms with Gasteiger partial charge in [0.15, 0.2) is 5.82 Å². The van der Waals surface area contributed by atoms with Crippen molar-refractivity contribution < 1.29 is 9.47 Å². The number of pyridine rings is 1. The van der Waals surface area contributed by atoms with Crippen molar-refractivity contribution in [2.45, 2.75) is 26.3 Å². The number of hydrogen-bond acceptors (Lipinski definition) is 8. The molecule has 0 spiro atoms. The zero-order valence-electron chi connectivity index (χ0n) is 19.2. The topological polar surface area (TPSA) is 99.0 Å². The number of rotatable bonds is 10. The smallest absolute Gasteiger partial charge is 0.238 e. The number of anilines is 2. The second kappa shape index (κ2) is 11.8. The minimum absolute atomic E-state index is 0. The van der Waals surface area contributed by atoms with Crippen molar-refractivity contribution in [1.29, 1.82) is 0 Å². The number of hydrogen-bond donors (Lipinski definition) is 2. The lowest BCUT2D eigenvalue weighted by atomic mass is 10.2. The average Bonchev–Trinajstić information content (AvgIpc) is 3.20. The van der Waals surface area contributed by atoms with Crippen molar-refractivity contribution in [3.8, 4) is 17.4 Å². The molecule has 2 N–H and O–H groups in total. The van der Waals surface area contributed by atoms with Crippen LogP contribution in [0.4, 0.5) is 11.6 Å². The van der Waals surface area contributed by atoms with E-state index in [1.807, 2.05) is 37.5 Å². The molecule has 0 saturated carbocycles. The van der Waals surface area contributed by atoms with Gasteiger partial charge in [0, 0.05) is 36.8 Å². The van der Waals surface area contributed by atoms with E-state index in [1.54, 1.807) is 16.9 Å². The van der Waals surface area contributed by atoms with Gasteiger partial charge in [-0.25, -0.2) is 15.0 Å². The van der Waals surface area contributed by atoms with Crippen molar-refractivity contribution in [3.63, 3.8) is 0 Å². The molecule has 0 aliphatic heterocycles. The number of aryl methyl sites for hydroxylation is 1. The standard InChI is InChI=1S/C23H26ClN7O2.ClH/c1-15(2)25-8-4-10-32-17-12-19(24)23(26-13-17)33-16-5-6-20-18(11-16)22(28-14-27-20)29-21-7-9-31(3)30-21;/h5-7,9,11-15,25H,4,8,10H2,1-3H3,(H,27,28,29,30);1H. The summed E-state index contributed by atoms with van der Waals surface area (Å²) in [6, 6.07) is 9.53. The predicted molar refractivity (Wildman–Crippen MR) is 136 cm³/mol. The Balaban J connectivity index is 0.00000324. The quantitative estimate of drug-likeness (QED) is 0.287. The molecule has 3 heterocycles.